The average molecular weight is 283 g/mol. The van der Waals surface area contributed by atoms with Crippen molar-refractivity contribution >= 4 is 17.6 Å². The van der Waals surface area contributed by atoms with Gasteiger partial charge in [-0.05, 0) is 6.92 Å². The van der Waals surface area contributed by atoms with E-state index >= 15 is 0 Å². The number of esters is 1. The first-order valence-electron chi connectivity index (χ1n) is 5.44. The van der Waals surface area contributed by atoms with Crippen LogP contribution in [0.15, 0.2) is 18.6 Å². The molecule has 0 spiro atoms. The van der Waals surface area contributed by atoms with Gasteiger partial charge in [0.2, 0.25) is 0 Å². The number of halogens is 1. The summed E-state index contributed by atoms with van der Waals surface area (Å²) >= 11 is 5.98. The molecule has 2 aromatic rings. The summed E-state index contributed by atoms with van der Waals surface area (Å²) in [7, 11) is 1.44. The predicted molar refractivity (Wildman–Crippen MR) is 66.7 cm³/mol. The molecule has 0 unspecified atom stereocenters. The van der Waals surface area contributed by atoms with Crippen molar-refractivity contribution < 1.29 is 14.3 Å². The number of aromatic nitrogens is 4. The van der Waals surface area contributed by atoms with Crippen molar-refractivity contribution in [3.05, 3.63) is 29.2 Å². The van der Waals surface area contributed by atoms with Crippen molar-refractivity contribution in [3.63, 3.8) is 0 Å². The first-order chi connectivity index (χ1) is 9.15. The number of hydrogen-bond donors (Lipinski definition) is 0. The highest BCUT2D eigenvalue weighted by Gasteiger charge is 2.13. The third-order valence-electron chi connectivity index (χ3n) is 2.20. The zero-order chi connectivity index (χ0) is 13.8. The van der Waals surface area contributed by atoms with Gasteiger partial charge in [0.25, 0.3) is 0 Å². The van der Waals surface area contributed by atoms with E-state index in [0.29, 0.717) is 23.0 Å². The largest absolute Gasteiger partial charge is 0.467 e. The molecule has 0 aliphatic rings. The summed E-state index contributed by atoms with van der Waals surface area (Å²) in [4.78, 5) is 19.5. The monoisotopic (exact) mass is 282 g/mol. The summed E-state index contributed by atoms with van der Waals surface area (Å²) in [5.74, 6) is -0.130. The zero-order valence-corrected chi connectivity index (χ0v) is 11.1. The Hall–Kier alpha value is -2.15. The maximum absolute atomic E-state index is 11.5. The maximum Gasteiger partial charge on any atom is 0.341 e. The molecule has 0 atom stereocenters. The van der Waals surface area contributed by atoms with E-state index in [4.69, 9.17) is 21.1 Å². The molecule has 19 heavy (non-hydrogen) atoms. The van der Waals surface area contributed by atoms with Crippen LogP contribution >= 0.6 is 11.6 Å². The Morgan fingerprint density at radius 3 is 2.95 bits per heavy atom. The van der Waals surface area contributed by atoms with Crippen LogP contribution in [-0.2, 0) is 4.74 Å². The van der Waals surface area contributed by atoms with E-state index in [1.165, 1.54) is 30.4 Å². The maximum atomic E-state index is 11.5. The number of ether oxygens (including phenoxy) is 2. The Bertz CT molecular complexity index is 599. The van der Waals surface area contributed by atoms with Crippen LogP contribution in [0.3, 0.4) is 0 Å². The van der Waals surface area contributed by atoms with Gasteiger partial charge in [0.05, 0.1) is 31.7 Å². The lowest BCUT2D eigenvalue weighted by Gasteiger charge is -2.04. The molecule has 0 radical (unpaired) electrons. The van der Waals surface area contributed by atoms with Crippen LogP contribution in [0.2, 0.25) is 5.02 Å². The van der Waals surface area contributed by atoms with E-state index in [1.54, 1.807) is 6.92 Å². The summed E-state index contributed by atoms with van der Waals surface area (Å²) in [5, 5.41) is 4.30. The van der Waals surface area contributed by atoms with Gasteiger partial charge in [-0.3, -0.25) is 0 Å². The molecule has 0 saturated carbocycles. The van der Waals surface area contributed by atoms with Crippen LogP contribution in [0.5, 0.6) is 6.01 Å². The summed E-state index contributed by atoms with van der Waals surface area (Å²) in [6.07, 6.45) is 4.25. The molecule has 0 bridgehead atoms. The average Bonchev–Trinajstić information content (AvgIpc) is 2.89. The second-order valence-corrected chi connectivity index (χ2v) is 3.83. The van der Waals surface area contributed by atoms with E-state index < -0.39 is 5.97 Å². The molecule has 0 saturated heterocycles. The number of rotatable bonds is 4. The minimum absolute atomic E-state index is 0.160. The molecule has 2 aromatic heterocycles. The molecule has 0 aliphatic heterocycles. The highest BCUT2D eigenvalue weighted by atomic mass is 35.5. The molecule has 100 valence electrons. The Kier molecular flexibility index (Phi) is 3.96. The fourth-order valence-electron chi connectivity index (χ4n) is 1.36. The highest BCUT2D eigenvalue weighted by Crippen LogP contribution is 2.19. The molecule has 0 fully saturated rings. The lowest BCUT2D eigenvalue weighted by atomic mass is 10.4. The van der Waals surface area contributed by atoms with Gasteiger partial charge >= 0.3 is 12.0 Å². The lowest BCUT2D eigenvalue weighted by molar-refractivity contribution is 0.0526. The molecular weight excluding hydrogens is 272 g/mol. The van der Waals surface area contributed by atoms with Crippen LogP contribution in [0.1, 0.15) is 17.3 Å². The normalized spacial score (nSPS) is 10.3. The highest BCUT2D eigenvalue weighted by molar-refractivity contribution is 6.32. The number of methoxy groups -OCH3 is 1. The van der Waals surface area contributed by atoms with Gasteiger partial charge in [0, 0.05) is 6.20 Å². The smallest absolute Gasteiger partial charge is 0.341 e. The predicted octanol–water partition coefficient (Wildman–Crippen LogP) is 1.50. The number of hydrogen-bond acceptors (Lipinski definition) is 6. The Balaban J connectivity index is 2.34. The molecule has 2 heterocycles. The van der Waals surface area contributed by atoms with Crippen molar-refractivity contribution in [3.8, 4) is 11.8 Å². The molecule has 0 aromatic carbocycles. The lowest BCUT2D eigenvalue weighted by Crippen LogP contribution is -2.04. The molecule has 0 N–H and O–H groups in total. The van der Waals surface area contributed by atoms with Gasteiger partial charge in [-0.1, -0.05) is 11.6 Å². The zero-order valence-electron chi connectivity index (χ0n) is 10.3. The third-order valence-corrected chi connectivity index (χ3v) is 2.46. The standard InChI is InChI=1S/C11H11ClN4O3/c1-3-19-10(17)7-4-14-16(6-7)9-8(12)5-13-11(15-9)18-2/h4-6H,3H2,1-2H3. The fourth-order valence-corrected chi connectivity index (χ4v) is 1.54. The van der Waals surface area contributed by atoms with Gasteiger partial charge in [0.1, 0.15) is 5.02 Å². The van der Waals surface area contributed by atoms with Crippen molar-refractivity contribution in [2.24, 2.45) is 0 Å². The molecule has 8 heteroatoms. The van der Waals surface area contributed by atoms with Crippen molar-refractivity contribution in [1.29, 1.82) is 0 Å². The van der Waals surface area contributed by atoms with Crippen molar-refractivity contribution in [1.82, 2.24) is 19.7 Å². The third kappa shape index (κ3) is 2.82. The van der Waals surface area contributed by atoms with Crippen LogP contribution in [0, 0.1) is 0 Å². The van der Waals surface area contributed by atoms with Crippen LogP contribution in [0.25, 0.3) is 5.82 Å². The number of carbonyl (C=O) groups is 1. The van der Waals surface area contributed by atoms with Gasteiger partial charge in [-0.15, -0.1) is 0 Å². The minimum Gasteiger partial charge on any atom is -0.467 e. The summed E-state index contributed by atoms with van der Waals surface area (Å²) in [6.45, 7) is 2.03. The molecule has 7 nitrogen and oxygen atoms in total. The van der Waals surface area contributed by atoms with Gasteiger partial charge < -0.3 is 9.47 Å². The second-order valence-electron chi connectivity index (χ2n) is 3.42. The van der Waals surface area contributed by atoms with Gasteiger partial charge in [-0.2, -0.15) is 10.1 Å². The van der Waals surface area contributed by atoms with E-state index in [1.807, 2.05) is 0 Å². The number of nitrogens with zero attached hydrogens (tertiary/aromatic N) is 4. The van der Waals surface area contributed by atoms with Crippen LogP contribution < -0.4 is 4.74 Å². The molecule has 2 rings (SSSR count). The van der Waals surface area contributed by atoms with Crippen LogP contribution in [0.4, 0.5) is 0 Å². The van der Waals surface area contributed by atoms with Gasteiger partial charge in [0.15, 0.2) is 5.82 Å². The second kappa shape index (κ2) is 5.66. The topological polar surface area (TPSA) is 79.1 Å². The Labute approximate surface area is 114 Å². The Morgan fingerprint density at radius 1 is 1.47 bits per heavy atom. The molecule has 0 aliphatic carbocycles. The fraction of sp³-hybridized carbons (Fsp3) is 0.273. The summed E-state index contributed by atoms with van der Waals surface area (Å²) < 4.78 is 11.1. The number of carbonyl (C=O) groups excluding carboxylic acids is 1. The summed E-state index contributed by atoms with van der Waals surface area (Å²) in [5.41, 5.74) is 0.315. The Morgan fingerprint density at radius 2 is 2.26 bits per heavy atom. The minimum atomic E-state index is -0.453. The van der Waals surface area contributed by atoms with E-state index in [2.05, 4.69) is 15.1 Å². The van der Waals surface area contributed by atoms with E-state index in [-0.39, 0.29) is 6.01 Å². The van der Waals surface area contributed by atoms with E-state index in [9.17, 15) is 4.79 Å². The molecular formula is C11H11ClN4O3. The summed E-state index contributed by atoms with van der Waals surface area (Å²) in [6, 6.07) is 0.160. The van der Waals surface area contributed by atoms with Crippen LogP contribution in [-0.4, -0.2) is 39.4 Å². The van der Waals surface area contributed by atoms with Gasteiger partial charge in [-0.25, -0.2) is 14.5 Å². The first-order valence-corrected chi connectivity index (χ1v) is 5.82. The van der Waals surface area contributed by atoms with Crippen molar-refractivity contribution in [2.45, 2.75) is 6.92 Å². The van der Waals surface area contributed by atoms with Crippen molar-refractivity contribution in [2.75, 3.05) is 13.7 Å². The first kappa shape index (κ1) is 13.3. The quantitative estimate of drug-likeness (QED) is 0.791. The SMILES string of the molecule is CCOC(=O)c1cnn(-c2nc(OC)ncc2Cl)c1. The molecule has 0 amide bonds. The van der Waals surface area contributed by atoms with E-state index in [0.717, 1.165) is 0 Å².